The molecule has 2 N–H and O–H groups in total. The minimum atomic E-state index is -0.373. The molecule has 3 aromatic carbocycles. The maximum absolute atomic E-state index is 12.8. The maximum Gasteiger partial charge on any atom is 0.243 e. The molecule has 3 aromatic rings. The number of fused-ring (bicyclic) bond motifs is 1. The van der Waals surface area contributed by atoms with Gasteiger partial charge in [0.1, 0.15) is 5.82 Å². The highest BCUT2D eigenvalue weighted by Crippen LogP contribution is 2.23. The largest absolute Gasteiger partial charge is 0.346 e. The Morgan fingerprint density at radius 3 is 2.38 bits per heavy atom. The number of rotatable bonds is 6. The van der Waals surface area contributed by atoms with E-state index in [-0.39, 0.29) is 29.9 Å². The van der Waals surface area contributed by atoms with Gasteiger partial charge in [-0.2, -0.15) is 0 Å². The van der Waals surface area contributed by atoms with E-state index in [2.05, 4.69) is 10.6 Å². The molecule has 6 heteroatoms. The van der Waals surface area contributed by atoms with Gasteiger partial charge in [0.15, 0.2) is 0 Å². The molecule has 0 saturated heterocycles. The van der Waals surface area contributed by atoms with Crippen molar-refractivity contribution in [3.8, 4) is 0 Å². The fourth-order valence-corrected chi connectivity index (χ4v) is 3.15. The standard InChI is InChI=1S/C20H17FN2O2S/c21-16-6-8-17(9-7-16)23-19(24)12-22-20(25)13-26-18-10-5-14-3-1-2-4-15(14)11-18/h1-11H,12-13H2,(H,22,25)(H,23,24). The first-order chi connectivity index (χ1) is 12.6. The van der Waals surface area contributed by atoms with Crippen LogP contribution in [0.15, 0.2) is 71.6 Å². The first-order valence-electron chi connectivity index (χ1n) is 8.04. The number of thioether (sulfide) groups is 1. The van der Waals surface area contributed by atoms with Crippen molar-refractivity contribution in [2.45, 2.75) is 4.90 Å². The maximum atomic E-state index is 12.8. The molecular weight excluding hydrogens is 351 g/mol. The van der Waals surface area contributed by atoms with Gasteiger partial charge in [0.05, 0.1) is 12.3 Å². The van der Waals surface area contributed by atoms with E-state index >= 15 is 0 Å². The summed E-state index contributed by atoms with van der Waals surface area (Å²) in [4.78, 5) is 24.7. The molecule has 0 aromatic heterocycles. The molecule has 4 nitrogen and oxygen atoms in total. The van der Waals surface area contributed by atoms with Gasteiger partial charge in [-0.15, -0.1) is 11.8 Å². The van der Waals surface area contributed by atoms with E-state index in [4.69, 9.17) is 0 Å². The summed E-state index contributed by atoms with van der Waals surface area (Å²) >= 11 is 1.42. The number of hydrogen-bond acceptors (Lipinski definition) is 3. The molecule has 0 aliphatic rings. The van der Waals surface area contributed by atoms with Gasteiger partial charge in [-0.1, -0.05) is 30.3 Å². The van der Waals surface area contributed by atoms with Crippen LogP contribution in [0.5, 0.6) is 0 Å². The van der Waals surface area contributed by atoms with Crippen LogP contribution in [0, 0.1) is 5.82 Å². The molecule has 0 bridgehead atoms. The van der Waals surface area contributed by atoms with Crippen LogP contribution in [0.25, 0.3) is 10.8 Å². The summed E-state index contributed by atoms with van der Waals surface area (Å²) in [5, 5.41) is 7.44. The van der Waals surface area contributed by atoms with Gasteiger partial charge in [-0.25, -0.2) is 4.39 Å². The number of carbonyl (C=O) groups is 2. The average Bonchev–Trinajstić information content (AvgIpc) is 2.66. The highest BCUT2D eigenvalue weighted by atomic mass is 32.2. The van der Waals surface area contributed by atoms with E-state index in [0.717, 1.165) is 15.7 Å². The summed E-state index contributed by atoms with van der Waals surface area (Å²) in [6, 6.07) is 19.5. The van der Waals surface area contributed by atoms with E-state index in [1.54, 1.807) is 0 Å². The molecule has 0 aliphatic heterocycles. The smallest absolute Gasteiger partial charge is 0.243 e. The van der Waals surface area contributed by atoms with Crippen molar-refractivity contribution < 1.29 is 14.0 Å². The summed E-state index contributed by atoms with van der Waals surface area (Å²) in [6.45, 7) is -0.130. The highest BCUT2D eigenvalue weighted by Gasteiger charge is 2.07. The van der Waals surface area contributed by atoms with E-state index in [0.29, 0.717) is 5.69 Å². The van der Waals surface area contributed by atoms with Crippen LogP contribution >= 0.6 is 11.8 Å². The van der Waals surface area contributed by atoms with Crippen molar-refractivity contribution in [3.63, 3.8) is 0 Å². The van der Waals surface area contributed by atoms with Crippen molar-refractivity contribution >= 4 is 40.0 Å². The van der Waals surface area contributed by atoms with E-state index in [9.17, 15) is 14.0 Å². The zero-order valence-electron chi connectivity index (χ0n) is 13.9. The second kappa shape index (κ2) is 8.49. The third-order valence-corrected chi connectivity index (χ3v) is 4.66. The fourth-order valence-electron chi connectivity index (χ4n) is 2.37. The average molecular weight is 368 g/mol. The van der Waals surface area contributed by atoms with Crippen LogP contribution < -0.4 is 10.6 Å². The number of halogens is 1. The van der Waals surface area contributed by atoms with Crippen molar-refractivity contribution in [2.24, 2.45) is 0 Å². The van der Waals surface area contributed by atoms with Crippen molar-refractivity contribution in [1.29, 1.82) is 0 Å². The normalized spacial score (nSPS) is 10.5. The second-order valence-electron chi connectivity index (χ2n) is 5.63. The van der Waals surface area contributed by atoms with Crippen molar-refractivity contribution in [1.82, 2.24) is 5.32 Å². The molecule has 0 saturated carbocycles. The Kier molecular flexibility index (Phi) is 5.86. The predicted octanol–water partition coefficient (Wildman–Crippen LogP) is 3.83. The second-order valence-corrected chi connectivity index (χ2v) is 6.68. The number of nitrogens with one attached hydrogen (secondary N) is 2. The zero-order valence-corrected chi connectivity index (χ0v) is 14.7. The van der Waals surface area contributed by atoms with Crippen LogP contribution in [0.4, 0.5) is 10.1 Å². The minimum Gasteiger partial charge on any atom is -0.346 e. The molecule has 132 valence electrons. The Morgan fingerprint density at radius 2 is 1.62 bits per heavy atom. The number of benzene rings is 3. The van der Waals surface area contributed by atoms with Gasteiger partial charge in [0.2, 0.25) is 11.8 Å². The first kappa shape index (κ1) is 17.9. The highest BCUT2D eigenvalue weighted by molar-refractivity contribution is 8.00. The van der Waals surface area contributed by atoms with Crippen LogP contribution in [0.1, 0.15) is 0 Å². The zero-order chi connectivity index (χ0) is 18.4. The van der Waals surface area contributed by atoms with E-state index in [1.165, 1.54) is 36.0 Å². The molecule has 0 fully saturated rings. The summed E-state index contributed by atoms with van der Waals surface area (Å²) in [7, 11) is 0. The Bertz CT molecular complexity index is 929. The van der Waals surface area contributed by atoms with Gasteiger partial charge in [0, 0.05) is 10.6 Å². The van der Waals surface area contributed by atoms with Gasteiger partial charge < -0.3 is 10.6 Å². The van der Waals surface area contributed by atoms with Crippen LogP contribution in [0.3, 0.4) is 0 Å². The molecule has 26 heavy (non-hydrogen) atoms. The Balaban J connectivity index is 1.44. The number of amides is 2. The third kappa shape index (κ3) is 5.07. The molecule has 2 amide bonds. The van der Waals surface area contributed by atoms with Gasteiger partial charge >= 0.3 is 0 Å². The first-order valence-corrected chi connectivity index (χ1v) is 9.02. The third-order valence-electron chi connectivity index (χ3n) is 3.66. The summed E-state index contributed by atoms with van der Waals surface area (Å²) in [5.41, 5.74) is 0.483. The fraction of sp³-hybridized carbons (Fsp3) is 0.100. The van der Waals surface area contributed by atoms with Crippen molar-refractivity contribution in [3.05, 3.63) is 72.5 Å². The Labute approximate surface area is 154 Å². The van der Waals surface area contributed by atoms with Crippen molar-refractivity contribution in [2.75, 3.05) is 17.6 Å². The van der Waals surface area contributed by atoms with Crippen LogP contribution in [-0.4, -0.2) is 24.1 Å². The predicted molar refractivity (Wildman–Crippen MR) is 103 cm³/mol. The van der Waals surface area contributed by atoms with Gasteiger partial charge in [-0.05, 0) is 47.2 Å². The lowest BCUT2D eigenvalue weighted by atomic mass is 10.1. The molecule has 0 spiro atoms. The lowest BCUT2D eigenvalue weighted by molar-refractivity contribution is -0.122. The van der Waals surface area contributed by atoms with Gasteiger partial charge in [-0.3, -0.25) is 9.59 Å². The topological polar surface area (TPSA) is 58.2 Å². The molecule has 0 aliphatic carbocycles. The minimum absolute atomic E-state index is 0.130. The molecule has 0 atom stereocenters. The lowest BCUT2D eigenvalue weighted by Crippen LogP contribution is -2.33. The van der Waals surface area contributed by atoms with Crippen LogP contribution in [0.2, 0.25) is 0 Å². The Morgan fingerprint density at radius 1 is 0.885 bits per heavy atom. The SMILES string of the molecule is O=C(CSc1ccc2ccccc2c1)NCC(=O)Nc1ccc(F)cc1. The van der Waals surface area contributed by atoms with E-state index in [1.807, 2.05) is 42.5 Å². The molecule has 0 heterocycles. The Hall–Kier alpha value is -2.86. The molecule has 0 radical (unpaired) electrons. The van der Waals surface area contributed by atoms with Gasteiger partial charge in [0.25, 0.3) is 0 Å². The quantitative estimate of drug-likeness (QED) is 0.650. The molecule has 0 unspecified atom stereocenters. The summed E-state index contributed by atoms with van der Waals surface area (Å²) in [6.07, 6.45) is 0. The number of carbonyl (C=O) groups excluding carboxylic acids is 2. The number of anilines is 1. The number of hydrogen-bond donors (Lipinski definition) is 2. The molecule has 3 rings (SSSR count). The van der Waals surface area contributed by atoms with E-state index < -0.39 is 0 Å². The summed E-state index contributed by atoms with van der Waals surface area (Å²) in [5.74, 6) is -0.734. The monoisotopic (exact) mass is 368 g/mol. The lowest BCUT2D eigenvalue weighted by Gasteiger charge is -2.07. The summed E-state index contributed by atoms with van der Waals surface area (Å²) < 4.78 is 12.8. The molecular formula is C20H17FN2O2S. The van der Waals surface area contributed by atoms with Crippen LogP contribution in [-0.2, 0) is 9.59 Å².